The van der Waals surface area contributed by atoms with Gasteiger partial charge in [-0.1, -0.05) is 12.1 Å². The average molecular weight is 356 g/mol. The Morgan fingerprint density at radius 3 is 2.42 bits per heavy atom. The first-order valence-electron chi connectivity index (χ1n) is 8.13. The summed E-state index contributed by atoms with van der Waals surface area (Å²) in [4.78, 5) is 12.1. The fourth-order valence-corrected chi connectivity index (χ4v) is 2.96. The van der Waals surface area contributed by atoms with Gasteiger partial charge < -0.3 is 24.4 Å². The SMILES string of the molecule is COc1cc(C=C2C(=O)OC[C@@H]2Cc2ccc(O)c(OC)c2)ccc1O. The molecule has 0 amide bonds. The highest BCUT2D eigenvalue weighted by molar-refractivity contribution is 5.96. The minimum Gasteiger partial charge on any atom is -0.504 e. The number of carbonyl (C=O) groups excluding carboxylic acids is 1. The van der Waals surface area contributed by atoms with Gasteiger partial charge >= 0.3 is 5.97 Å². The van der Waals surface area contributed by atoms with Gasteiger partial charge in [0, 0.05) is 11.5 Å². The summed E-state index contributed by atoms with van der Waals surface area (Å²) < 4.78 is 15.4. The molecule has 3 rings (SSSR count). The molecule has 0 unspecified atom stereocenters. The van der Waals surface area contributed by atoms with E-state index in [1.165, 1.54) is 20.3 Å². The number of hydrogen-bond donors (Lipinski definition) is 2. The van der Waals surface area contributed by atoms with Crippen molar-refractivity contribution >= 4 is 12.0 Å². The number of esters is 1. The maximum atomic E-state index is 12.1. The van der Waals surface area contributed by atoms with Crippen LogP contribution in [0.2, 0.25) is 0 Å². The number of rotatable bonds is 5. The van der Waals surface area contributed by atoms with Crippen LogP contribution in [0.4, 0.5) is 0 Å². The summed E-state index contributed by atoms with van der Waals surface area (Å²) in [6, 6.07) is 10.00. The van der Waals surface area contributed by atoms with E-state index in [2.05, 4.69) is 0 Å². The number of phenols is 2. The fraction of sp³-hybridized carbons (Fsp3) is 0.250. The minimum absolute atomic E-state index is 0.0383. The van der Waals surface area contributed by atoms with E-state index in [1.807, 2.05) is 0 Å². The summed E-state index contributed by atoms with van der Waals surface area (Å²) in [6.45, 7) is 0.295. The van der Waals surface area contributed by atoms with Gasteiger partial charge in [0.05, 0.1) is 20.8 Å². The lowest BCUT2D eigenvalue weighted by Gasteiger charge is -2.11. The van der Waals surface area contributed by atoms with Gasteiger partial charge in [-0.05, 0) is 47.9 Å². The quantitative estimate of drug-likeness (QED) is 0.633. The molecule has 1 heterocycles. The number of hydrogen-bond acceptors (Lipinski definition) is 6. The summed E-state index contributed by atoms with van der Waals surface area (Å²) in [5.41, 5.74) is 2.23. The standard InChI is InChI=1S/C20H20O6/c1-24-18-9-12(3-5-16(18)21)7-14-11-26-20(23)15(14)8-13-4-6-17(22)19(10-13)25-2/h3-6,8-10,14,21-22H,7,11H2,1-2H3/t14-/m0/s1. The Hall–Kier alpha value is -3.15. The van der Waals surface area contributed by atoms with Crippen molar-refractivity contribution < 1.29 is 29.2 Å². The first kappa shape index (κ1) is 17.7. The lowest BCUT2D eigenvalue weighted by atomic mass is 9.92. The molecule has 0 radical (unpaired) electrons. The Kier molecular flexibility index (Phi) is 5.02. The van der Waals surface area contributed by atoms with Gasteiger partial charge in [-0.15, -0.1) is 0 Å². The highest BCUT2D eigenvalue weighted by Crippen LogP contribution is 2.33. The molecule has 0 saturated carbocycles. The third-order valence-electron chi connectivity index (χ3n) is 4.34. The fourth-order valence-electron chi connectivity index (χ4n) is 2.96. The number of benzene rings is 2. The van der Waals surface area contributed by atoms with Crippen molar-refractivity contribution in [1.29, 1.82) is 0 Å². The molecule has 2 aromatic carbocycles. The second kappa shape index (κ2) is 7.39. The molecule has 26 heavy (non-hydrogen) atoms. The van der Waals surface area contributed by atoms with Gasteiger partial charge in [-0.25, -0.2) is 4.79 Å². The molecule has 0 bridgehead atoms. The maximum Gasteiger partial charge on any atom is 0.334 e. The van der Waals surface area contributed by atoms with Crippen LogP contribution in [0, 0.1) is 5.92 Å². The average Bonchev–Trinajstić information content (AvgIpc) is 2.98. The molecule has 2 N–H and O–H groups in total. The van der Waals surface area contributed by atoms with Crippen LogP contribution in [0.5, 0.6) is 23.0 Å². The predicted octanol–water partition coefficient (Wildman–Crippen LogP) is 2.91. The van der Waals surface area contributed by atoms with Crippen molar-refractivity contribution in [2.45, 2.75) is 6.42 Å². The van der Waals surface area contributed by atoms with Crippen LogP contribution in [0.3, 0.4) is 0 Å². The number of methoxy groups -OCH3 is 2. The molecule has 1 aliphatic rings. The second-order valence-corrected chi connectivity index (χ2v) is 6.04. The van der Waals surface area contributed by atoms with Crippen molar-refractivity contribution in [3.05, 3.63) is 53.1 Å². The number of ether oxygens (including phenoxy) is 3. The summed E-state index contributed by atoms with van der Waals surface area (Å²) in [6.07, 6.45) is 2.32. The molecular formula is C20H20O6. The molecular weight excluding hydrogens is 336 g/mol. The molecule has 2 aromatic rings. The monoisotopic (exact) mass is 356 g/mol. The lowest BCUT2D eigenvalue weighted by Crippen LogP contribution is -2.07. The van der Waals surface area contributed by atoms with Crippen LogP contribution in [0.1, 0.15) is 11.1 Å². The molecule has 6 heteroatoms. The molecule has 6 nitrogen and oxygen atoms in total. The van der Waals surface area contributed by atoms with Gasteiger partial charge in [-0.3, -0.25) is 0 Å². The molecule has 1 aliphatic heterocycles. The smallest absolute Gasteiger partial charge is 0.334 e. The Morgan fingerprint density at radius 1 is 1.08 bits per heavy atom. The van der Waals surface area contributed by atoms with E-state index in [0.717, 1.165) is 11.1 Å². The van der Waals surface area contributed by atoms with Crippen molar-refractivity contribution in [2.24, 2.45) is 5.92 Å². The largest absolute Gasteiger partial charge is 0.504 e. The highest BCUT2D eigenvalue weighted by atomic mass is 16.5. The summed E-state index contributed by atoms with van der Waals surface area (Å²) >= 11 is 0. The van der Waals surface area contributed by atoms with Crippen LogP contribution >= 0.6 is 0 Å². The van der Waals surface area contributed by atoms with Gasteiger partial charge in [-0.2, -0.15) is 0 Å². The summed E-state index contributed by atoms with van der Waals surface area (Å²) in [5, 5.41) is 19.4. The highest BCUT2D eigenvalue weighted by Gasteiger charge is 2.30. The Bertz CT molecular complexity index is 855. The van der Waals surface area contributed by atoms with Gasteiger partial charge in [0.15, 0.2) is 23.0 Å². The van der Waals surface area contributed by atoms with E-state index in [4.69, 9.17) is 14.2 Å². The van der Waals surface area contributed by atoms with Crippen LogP contribution in [-0.4, -0.2) is 37.0 Å². The zero-order valence-corrected chi connectivity index (χ0v) is 14.6. The number of aromatic hydroxyl groups is 2. The molecule has 0 aliphatic carbocycles. The van der Waals surface area contributed by atoms with Crippen molar-refractivity contribution in [3.63, 3.8) is 0 Å². The van der Waals surface area contributed by atoms with Crippen molar-refractivity contribution in [1.82, 2.24) is 0 Å². The normalized spacial score (nSPS) is 18.0. The van der Waals surface area contributed by atoms with E-state index >= 15 is 0 Å². The maximum absolute atomic E-state index is 12.1. The zero-order chi connectivity index (χ0) is 18.7. The third kappa shape index (κ3) is 3.59. The molecule has 136 valence electrons. The van der Waals surface area contributed by atoms with Crippen LogP contribution < -0.4 is 9.47 Å². The lowest BCUT2D eigenvalue weighted by molar-refractivity contribution is -0.135. The van der Waals surface area contributed by atoms with E-state index in [0.29, 0.717) is 30.1 Å². The first-order chi connectivity index (χ1) is 12.5. The number of cyclic esters (lactones) is 1. The molecule has 0 spiro atoms. The Morgan fingerprint density at radius 2 is 1.73 bits per heavy atom. The Labute approximate surface area is 151 Å². The van der Waals surface area contributed by atoms with Gasteiger partial charge in [0.2, 0.25) is 0 Å². The molecule has 1 fully saturated rings. The van der Waals surface area contributed by atoms with Gasteiger partial charge in [0.1, 0.15) is 0 Å². The topological polar surface area (TPSA) is 85.2 Å². The van der Waals surface area contributed by atoms with Crippen molar-refractivity contribution in [2.75, 3.05) is 20.8 Å². The van der Waals surface area contributed by atoms with Crippen LogP contribution in [0.15, 0.2) is 42.0 Å². The Balaban J connectivity index is 1.87. The molecule has 0 aromatic heterocycles. The molecule has 1 atom stereocenters. The van der Waals surface area contributed by atoms with Crippen molar-refractivity contribution in [3.8, 4) is 23.0 Å². The van der Waals surface area contributed by atoms with E-state index in [-0.39, 0.29) is 23.4 Å². The van der Waals surface area contributed by atoms with E-state index < -0.39 is 0 Å². The predicted molar refractivity (Wildman–Crippen MR) is 95.4 cm³/mol. The van der Waals surface area contributed by atoms with Gasteiger partial charge in [0.25, 0.3) is 0 Å². The van der Waals surface area contributed by atoms with E-state index in [9.17, 15) is 15.0 Å². The van der Waals surface area contributed by atoms with Crippen LogP contribution in [-0.2, 0) is 16.0 Å². The number of carbonyl (C=O) groups is 1. The van der Waals surface area contributed by atoms with Crippen LogP contribution in [0.25, 0.3) is 6.08 Å². The first-order valence-corrected chi connectivity index (χ1v) is 8.13. The molecule has 1 saturated heterocycles. The summed E-state index contributed by atoms with van der Waals surface area (Å²) in [5.74, 6) is 0.370. The zero-order valence-electron chi connectivity index (χ0n) is 14.6. The second-order valence-electron chi connectivity index (χ2n) is 6.04. The third-order valence-corrected chi connectivity index (χ3v) is 4.34. The number of phenolic OH excluding ortho intramolecular Hbond substituents is 2. The van der Waals surface area contributed by atoms with E-state index in [1.54, 1.807) is 36.4 Å². The minimum atomic E-state index is -0.354. The summed E-state index contributed by atoms with van der Waals surface area (Å²) in [7, 11) is 2.96.